The van der Waals surface area contributed by atoms with Crippen LogP contribution in [0.4, 0.5) is 0 Å². The van der Waals surface area contributed by atoms with Gasteiger partial charge in [-0.2, -0.15) is 0 Å². The fourth-order valence-electron chi connectivity index (χ4n) is 1.25. The fourth-order valence-corrected chi connectivity index (χ4v) is 1.81. The van der Waals surface area contributed by atoms with Crippen molar-refractivity contribution in [2.24, 2.45) is 0 Å². The molecule has 0 aliphatic rings. The highest BCUT2D eigenvalue weighted by atomic mass is 79.9. The molecule has 0 saturated carbocycles. The molecule has 0 saturated heterocycles. The maximum Gasteiger partial charge on any atom is 0.137 e. The predicted octanol–water partition coefficient (Wildman–Crippen LogP) is 4.08. The Morgan fingerprint density at radius 1 is 1.25 bits per heavy atom. The van der Waals surface area contributed by atoms with E-state index in [2.05, 4.69) is 20.9 Å². The van der Waals surface area contributed by atoms with Crippen LogP contribution in [0.25, 0.3) is 0 Å². The van der Waals surface area contributed by atoms with Crippen LogP contribution < -0.4 is 4.74 Å². The third kappa shape index (κ3) is 2.74. The molecule has 1 aromatic carbocycles. The summed E-state index contributed by atoms with van der Waals surface area (Å²) in [6, 6.07) is 9.43. The van der Waals surface area contributed by atoms with Gasteiger partial charge in [0.05, 0.1) is 4.47 Å². The van der Waals surface area contributed by atoms with E-state index in [0.717, 1.165) is 15.8 Å². The highest BCUT2D eigenvalue weighted by Crippen LogP contribution is 2.24. The van der Waals surface area contributed by atoms with Gasteiger partial charge in [-0.05, 0) is 28.1 Å². The average molecular weight is 299 g/mol. The van der Waals surface area contributed by atoms with Crippen LogP contribution in [-0.4, -0.2) is 4.98 Å². The molecule has 2 aromatic rings. The average Bonchev–Trinajstić information content (AvgIpc) is 2.30. The van der Waals surface area contributed by atoms with Gasteiger partial charge in [-0.15, -0.1) is 0 Å². The van der Waals surface area contributed by atoms with Crippen LogP contribution in [0, 0.1) is 0 Å². The highest BCUT2D eigenvalue weighted by molar-refractivity contribution is 9.10. The Labute approximate surface area is 107 Å². The summed E-state index contributed by atoms with van der Waals surface area (Å²) in [5, 5.41) is 0.715. The number of halogens is 2. The van der Waals surface area contributed by atoms with Crippen molar-refractivity contribution in [2.45, 2.75) is 6.61 Å². The molecule has 82 valence electrons. The minimum Gasteiger partial charge on any atom is -0.488 e. The normalized spacial score (nSPS) is 10.1. The number of rotatable bonds is 3. The van der Waals surface area contributed by atoms with Gasteiger partial charge in [0.25, 0.3) is 0 Å². The summed E-state index contributed by atoms with van der Waals surface area (Å²) in [6.07, 6.45) is 3.38. The molecule has 0 radical (unpaired) electrons. The van der Waals surface area contributed by atoms with E-state index < -0.39 is 0 Å². The molecule has 2 nitrogen and oxygen atoms in total. The monoisotopic (exact) mass is 297 g/mol. The molecule has 0 amide bonds. The van der Waals surface area contributed by atoms with Crippen molar-refractivity contribution in [1.29, 1.82) is 0 Å². The third-order valence-electron chi connectivity index (χ3n) is 2.08. The first-order valence-electron chi connectivity index (χ1n) is 4.73. The SMILES string of the molecule is Clc1ccccc1COc1ccncc1Br. The van der Waals surface area contributed by atoms with E-state index in [1.165, 1.54) is 0 Å². The summed E-state index contributed by atoms with van der Waals surface area (Å²) in [5.41, 5.74) is 0.966. The molecule has 0 atom stereocenters. The first-order valence-corrected chi connectivity index (χ1v) is 5.90. The van der Waals surface area contributed by atoms with E-state index in [1.807, 2.05) is 24.3 Å². The predicted molar refractivity (Wildman–Crippen MR) is 67.7 cm³/mol. The number of hydrogen-bond acceptors (Lipinski definition) is 2. The molecule has 0 unspecified atom stereocenters. The third-order valence-corrected chi connectivity index (χ3v) is 3.04. The molecule has 16 heavy (non-hydrogen) atoms. The van der Waals surface area contributed by atoms with Crippen LogP contribution in [0.2, 0.25) is 5.02 Å². The molecule has 0 aliphatic heterocycles. The second-order valence-corrected chi connectivity index (χ2v) is 4.45. The summed E-state index contributed by atoms with van der Waals surface area (Å²) in [6.45, 7) is 0.447. The highest BCUT2D eigenvalue weighted by Gasteiger charge is 2.02. The van der Waals surface area contributed by atoms with Gasteiger partial charge in [0, 0.05) is 23.0 Å². The van der Waals surface area contributed by atoms with Gasteiger partial charge in [-0.1, -0.05) is 29.8 Å². The van der Waals surface area contributed by atoms with Crippen molar-refractivity contribution in [1.82, 2.24) is 4.98 Å². The van der Waals surface area contributed by atoms with Crippen LogP contribution in [-0.2, 0) is 6.61 Å². The van der Waals surface area contributed by atoms with Crippen molar-refractivity contribution in [3.63, 3.8) is 0 Å². The van der Waals surface area contributed by atoms with Gasteiger partial charge in [-0.3, -0.25) is 4.98 Å². The van der Waals surface area contributed by atoms with Gasteiger partial charge >= 0.3 is 0 Å². The topological polar surface area (TPSA) is 22.1 Å². The lowest BCUT2D eigenvalue weighted by Crippen LogP contribution is -1.96. The van der Waals surface area contributed by atoms with Crippen LogP contribution >= 0.6 is 27.5 Å². The summed E-state index contributed by atoms with van der Waals surface area (Å²) >= 11 is 9.39. The first-order chi connectivity index (χ1) is 7.77. The van der Waals surface area contributed by atoms with Crippen molar-refractivity contribution < 1.29 is 4.74 Å². The molecular weight excluding hydrogens is 289 g/mol. The van der Waals surface area contributed by atoms with Crippen molar-refractivity contribution in [3.8, 4) is 5.75 Å². The van der Waals surface area contributed by atoms with Gasteiger partial charge in [-0.25, -0.2) is 0 Å². The van der Waals surface area contributed by atoms with Crippen molar-refractivity contribution >= 4 is 27.5 Å². The Kier molecular flexibility index (Phi) is 3.80. The zero-order valence-electron chi connectivity index (χ0n) is 8.36. The first kappa shape index (κ1) is 11.4. The number of hydrogen-bond donors (Lipinski definition) is 0. The van der Waals surface area contributed by atoms with E-state index in [1.54, 1.807) is 18.5 Å². The molecule has 0 spiro atoms. The van der Waals surface area contributed by atoms with Crippen LogP contribution in [0.5, 0.6) is 5.75 Å². The van der Waals surface area contributed by atoms with E-state index in [4.69, 9.17) is 16.3 Å². The van der Waals surface area contributed by atoms with E-state index >= 15 is 0 Å². The lowest BCUT2D eigenvalue weighted by molar-refractivity contribution is 0.304. The number of pyridine rings is 1. The molecule has 1 aromatic heterocycles. The van der Waals surface area contributed by atoms with Gasteiger partial charge in [0.1, 0.15) is 12.4 Å². The quantitative estimate of drug-likeness (QED) is 0.852. The summed E-state index contributed by atoms with van der Waals surface area (Å²) < 4.78 is 6.47. The Hall–Kier alpha value is -1.06. The number of ether oxygens (including phenoxy) is 1. The maximum absolute atomic E-state index is 6.03. The van der Waals surface area contributed by atoms with Gasteiger partial charge < -0.3 is 4.74 Å². The maximum atomic E-state index is 6.03. The fraction of sp³-hybridized carbons (Fsp3) is 0.0833. The molecule has 0 N–H and O–H groups in total. The largest absolute Gasteiger partial charge is 0.488 e. The van der Waals surface area contributed by atoms with E-state index in [0.29, 0.717) is 11.6 Å². The smallest absolute Gasteiger partial charge is 0.137 e. The minimum atomic E-state index is 0.447. The summed E-state index contributed by atoms with van der Waals surface area (Å²) in [7, 11) is 0. The Morgan fingerprint density at radius 2 is 2.06 bits per heavy atom. The molecule has 0 aliphatic carbocycles. The van der Waals surface area contributed by atoms with Crippen LogP contribution in [0.1, 0.15) is 5.56 Å². The van der Waals surface area contributed by atoms with E-state index in [9.17, 15) is 0 Å². The van der Waals surface area contributed by atoms with Gasteiger partial charge in [0.15, 0.2) is 0 Å². The zero-order valence-corrected chi connectivity index (χ0v) is 10.7. The minimum absolute atomic E-state index is 0.447. The second-order valence-electron chi connectivity index (χ2n) is 3.19. The van der Waals surface area contributed by atoms with Gasteiger partial charge in [0.2, 0.25) is 0 Å². The number of nitrogens with zero attached hydrogens (tertiary/aromatic N) is 1. The zero-order chi connectivity index (χ0) is 11.4. The van der Waals surface area contributed by atoms with Crippen LogP contribution in [0.15, 0.2) is 47.2 Å². The molecule has 2 rings (SSSR count). The number of benzene rings is 1. The molecule has 0 fully saturated rings. The van der Waals surface area contributed by atoms with Crippen molar-refractivity contribution in [3.05, 3.63) is 57.8 Å². The standard InChI is InChI=1S/C12H9BrClNO/c13-10-7-15-6-5-12(10)16-8-9-3-1-2-4-11(9)14/h1-7H,8H2. The summed E-state index contributed by atoms with van der Waals surface area (Å²) in [5.74, 6) is 0.759. The Balaban J connectivity index is 2.09. The molecule has 1 heterocycles. The lowest BCUT2D eigenvalue weighted by Gasteiger charge is -2.08. The molecule has 0 bridgehead atoms. The molecular formula is C12H9BrClNO. The lowest BCUT2D eigenvalue weighted by atomic mass is 10.2. The molecule has 4 heteroatoms. The van der Waals surface area contributed by atoms with Crippen LogP contribution in [0.3, 0.4) is 0 Å². The Bertz CT molecular complexity index is 444. The Morgan fingerprint density at radius 3 is 2.81 bits per heavy atom. The summed E-state index contributed by atoms with van der Waals surface area (Å²) in [4.78, 5) is 3.96. The second kappa shape index (κ2) is 5.32. The van der Waals surface area contributed by atoms with E-state index in [-0.39, 0.29) is 0 Å². The van der Waals surface area contributed by atoms with Crippen molar-refractivity contribution in [2.75, 3.05) is 0 Å². The number of aromatic nitrogens is 1.